The van der Waals surface area contributed by atoms with Gasteiger partial charge in [0.25, 0.3) is 0 Å². The standard InChI is InChI=1S/C13H23N3O/c1-11(8-16-7-6-14-12(16)2)15-9-13(4-5-13)10-17-3/h6-7,11,15H,4-5,8-10H2,1-3H3/t11-/m1/s1. The number of aromatic nitrogens is 2. The van der Waals surface area contributed by atoms with Gasteiger partial charge in [0.15, 0.2) is 0 Å². The average Bonchev–Trinajstić information content (AvgIpc) is 2.95. The lowest BCUT2D eigenvalue weighted by molar-refractivity contribution is 0.137. The first-order chi connectivity index (χ1) is 8.15. The second-order valence-corrected chi connectivity index (χ2v) is 5.34. The normalized spacial score (nSPS) is 19.2. The molecule has 0 radical (unpaired) electrons. The third-order valence-corrected chi connectivity index (χ3v) is 3.63. The Morgan fingerprint density at radius 3 is 2.88 bits per heavy atom. The van der Waals surface area contributed by atoms with Crippen molar-refractivity contribution in [3.05, 3.63) is 18.2 Å². The highest BCUT2D eigenvalue weighted by molar-refractivity contribution is 4.95. The molecular weight excluding hydrogens is 214 g/mol. The molecule has 17 heavy (non-hydrogen) atoms. The van der Waals surface area contributed by atoms with Gasteiger partial charge >= 0.3 is 0 Å². The third kappa shape index (κ3) is 3.30. The summed E-state index contributed by atoms with van der Waals surface area (Å²) >= 11 is 0. The van der Waals surface area contributed by atoms with E-state index in [0.717, 1.165) is 25.5 Å². The maximum Gasteiger partial charge on any atom is 0.105 e. The molecule has 0 amide bonds. The van der Waals surface area contributed by atoms with E-state index >= 15 is 0 Å². The van der Waals surface area contributed by atoms with Crippen LogP contribution in [0.2, 0.25) is 0 Å². The van der Waals surface area contributed by atoms with Gasteiger partial charge in [-0.1, -0.05) is 0 Å². The Balaban J connectivity index is 1.75. The minimum atomic E-state index is 0.424. The summed E-state index contributed by atoms with van der Waals surface area (Å²) in [6.07, 6.45) is 6.49. The van der Waals surface area contributed by atoms with Crippen molar-refractivity contribution in [2.24, 2.45) is 5.41 Å². The molecule has 1 heterocycles. The number of nitrogens with zero attached hydrogens (tertiary/aromatic N) is 2. The van der Waals surface area contributed by atoms with Crippen molar-refractivity contribution in [3.63, 3.8) is 0 Å². The molecule has 1 saturated carbocycles. The molecule has 4 nitrogen and oxygen atoms in total. The summed E-state index contributed by atoms with van der Waals surface area (Å²) in [5, 5.41) is 3.61. The van der Waals surface area contributed by atoms with Gasteiger partial charge in [-0.15, -0.1) is 0 Å². The van der Waals surface area contributed by atoms with Crippen molar-refractivity contribution in [1.29, 1.82) is 0 Å². The molecule has 1 N–H and O–H groups in total. The van der Waals surface area contributed by atoms with E-state index in [2.05, 4.69) is 21.8 Å². The second-order valence-electron chi connectivity index (χ2n) is 5.34. The third-order valence-electron chi connectivity index (χ3n) is 3.63. The molecule has 2 rings (SSSR count). The molecule has 0 aromatic carbocycles. The van der Waals surface area contributed by atoms with E-state index in [0.29, 0.717) is 11.5 Å². The lowest BCUT2D eigenvalue weighted by Gasteiger charge is -2.20. The van der Waals surface area contributed by atoms with Crippen molar-refractivity contribution < 1.29 is 4.74 Å². The molecule has 1 fully saturated rings. The van der Waals surface area contributed by atoms with E-state index in [1.54, 1.807) is 7.11 Å². The maximum absolute atomic E-state index is 5.27. The predicted octanol–water partition coefficient (Wildman–Crippen LogP) is 1.60. The van der Waals surface area contributed by atoms with Gasteiger partial charge in [0.2, 0.25) is 0 Å². The number of rotatable bonds is 7. The van der Waals surface area contributed by atoms with Crippen LogP contribution in [0.15, 0.2) is 12.4 Å². The summed E-state index contributed by atoms with van der Waals surface area (Å²) in [5.74, 6) is 1.08. The molecule has 0 saturated heterocycles. The monoisotopic (exact) mass is 237 g/mol. The van der Waals surface area contributed by atoms with Crippen molar-refractivity contribution in [2.45, 2.75) is 39.3 Å². The van der Waals surface area contributed by atoms with E-state index < -0.39 is 0 Å². The van der Waals surface area contributed by atoms with Gasteiger partial charge in [-0.2, -0.15) is 0 Å². The SMILES string of the molecule is COCC1(CN[C@H](C)Cn2ccnc2C)CC1. The smallest absolute Gasteiger partial charge is 0.105 e. The molecule has 1 aromatic rings. The first-order valence-corrected chi connectivity index (χ1v) is 6.35. The number of methoxy groups -OCH3 is 1. The number of aryl methyl sites for hydroxylation is 1. The number of ether oxygens (including phenoxy) is 1. The lowest BCUT2D eigenvalue weighted by Crippen LogP contribution is -2.36. The molecular formula is C13H23N3O. The summed E-state index contributed by atoms with van der Waals surface area (Å²) in [4.78, 5) is 4.24. The topological polar surface area (TPSA) is 39.1 Å². The van der Waals surface area contributed by atoms with E-state index in [1.807, 2.05) is 19.3 Å². The minimum absolute atomic E-state index is 0.424. The van der Waals surface area contributed by atoms with Crippen LogP contribution in [0.25, 0.3) is 0 Å². The highest BCUT2D eigenvalue weighted by Gasteiger charge is 2.42. The summed E-state index contributed by atoms with van der Waals surface area (Å²) in [7, 11) is 1.79. The molecule has 1 aromatic heterocycles. The fraction of sp³-hybridized carbons (Fsp3) is 0.769. The predicted molar refractivity (Wildman–Crippen MR) is 68.0 cm³/mol. The van der Waals surface area contributed by atoms with Gasteiger partial charge in [0.1, 0.15) is 5.82 Å². The summed E-state index contributed by atoms with van der Waals surface area (Å²) in [6.45, 7) is 7.20. The van der Waals surface area contributed by atoms with Gasteiger partial charge in [0.05, 0.1) is 6.61 Å². The Hall–Kier alpha value is -0.870. The van der Waals surface area contributed by atoms with Crippen LogP contribution in [0, 0.1) is 12.3 Å². The quantitative estimate of drug-likeness (QED) is 0.783. The minimum Gasteiger partial charge on any atom is -0.384 e. The van der Waals surface area contributed by atoms with Crippen molar-refractivity contribution in [1.82, 2.24) is 14.9 Å². The van der Waals surface area contributed by atoms with Crippen LogP contribution in [-0.2, 0) is 11.3 Å². The fourth-order valence-corrected chi connectivity index (χ4v) is 2.20. The summed E-state index contributed by atoms with van der Waals surface area (Å²) in [6, 6.07) is 0.470. The highest BCUT2D eigenvalue weighted by Crippen LogP contribution is 2.45. The van der Waals surface area contributed by atoms with Crippen LogP contribution >= 0.6 is 0 Å². The van der Waals surface area contributed by atoms with Gasteiger partial charge in [-0.25, -0.2) is 4.98 Å². The van der Waals surface area contributed by atoms with Gasteiger partial charge < -0.3 is 14.6 Å². The average molecular weight is 237 g/mol. The summed E-state index contributed by atoms with van der Waals surface area (Å²) in [5.41, 5.74) is 0.424. The number of imidazole rings is 1. The van der Waals surface area contributed by atoms with Crippen molar-refractivity contribution in [3.8, 4) is 0 Å². The molecule has 1 aliphatic carbocycles. The molecule has 0 aliphatic heterocycles. The van der Waals surface area contributed by atoms with Crippen molar-refractivity contribution in [2.75, 3.05) is 20.3 Å². The zero-order valence-electron chi connectivity index (χ0n) is 11.1. The lowest BCUT2D eigenvalue weighted by atomic mass is 10.1. The van der Waals surface area contributed by atoms with Crippen LogP contribution in [0.1, 0.15) is 25.6 Å². The second kappa shape index (κ2) is 5.19. The molecule has 4 heteroatoms. The fourth-order valence-electron chi connectivity index (χ4n) is 2.20. The Kier molecular flexibility index (Phi) is 3.84. The van der Waals surface area contributed by atoms with Crippen LogP contribution in [0.3, 0.4) is 0 Å². The van der Waals surface area contributed by atoms with E-state index in [1.165, 1.54) is 12.8 Å². The van der Waals surface area contributed by atoms with Crippen molar-refractivity contribution >= 4 is 0 Å². The number of nitrogens with one attached hydrogen (secondary N) is 1. The molecule has 1 atom stereocenters. The zero-order valence-corrected chi connectivity index (χ0v) is 11.1. The van der Waals surface area contributed by atoms with Crippen LogP contribution in [0.4, 0.5) is 0 Å². The highest BCUT2D eigenvalue weighted by atomic mass is 16.5. The number of hydrogen-bond donors (Lipinski definition) is 1. The molecule has 0 spiro atoms. The molecule has 1 aliphatic rings. The first kappa shape index (κ1) is 12.6. The van der Waals surface area contributed by atoms with Crippen LogP contribution < -0.4 is 5.32 Å². The molecule has 0 bridgehead atoms. The van der Waals surface area contributed by atoms with E-state index in [4.69, 9.17) is 4.74 Å². The zero-order chi connectivity index (χ0) is 12.3. The van der Waals surface area contributed by atoms with Gasteiger partial charge in [0, 0.05) is 44.0 Å². The molecule has 96 valence electrons. The first-order valence-electron chi connectivity index (χ1n) is 6.35. The number of hydrogen-bond acceptors (Lipinski definition) is 3. The van der Waals surface area contributed by atoms with E-state index in [9.17, 15) is 0 Å². The van der Waals surface area contributed by atoms with Crippen LogP contribution in [-0.4, -0.2) is 35.9 Å². The summed E-state index contributed by atoms with van der Waals surface area (Å²) < 4.78 is 7.46. The van der Waals surface area contributed by atoms with Gasteiger partial charge in [-0.05, 0) is 26.7 Å². The Morgan fingerprint density at radius 1 is 1.59 bits per heavy atom. The molecule has 0 unspecified atom stereocenters. The Morgan fingerprint density at radius 2 is 2.35 bits per heavy atom. The van der Waals surface area contributed by atoms with E-state index in [-0.39, 0.29) is 0 Å². The Bertz CT molecular complexity index is 357. The largest absolute Gasteiger partial charge is 0.384 e. The van der Waals surface area contributed by atoms with Crippen LogP contribution in [0.5, 0.6) is 0 Å². The van der Waals surface area contributed by atoms with Gasteiger partial charge in [-0.3, -0.25) is 0 Å². The maximum atomic E-state index is 5.27. The Labute approximate surface area is 103 Å².